The molecule has 0 aromatic heterocycles. The minimum absolute atomic E-state index is 0.0502. The second kappa shape index (κ2) is 6.61. The van der Waals surface area contributed by atoms with E-state index in [1.807, 2.05) is 18.2 Å². The molecule has 1 saturated carbocycles. The number of rotatable bonds is 2. The zero-order valence-corrected chi connectivity index (χ0v) is 17.5. The highest BCUT2D eigenvalue weighted by Crippen LogP contribution is 2.66. The summed E-state index contributed by atoms with van der Waals surface area (Å²) in [5.41, 5.74) is 6.20. The molecule has 2 fully saturated rings. The number of amides is 1. The molecule has 1 saturated heterocycles. The van der Waals surface area contributed by atoms with Crippen LogP contribution in [0.25, 0.3) is 11.1 Å². The zero-order valence-electron chi connectivity index (χ0n) is 16.7. The number of piperazine rings is 1. The summed E-state index contributed by atoms with van der Waals surface area (Å²) in [5, 5.41) is 0.776. The SMILES string of the molecule is O=C(C1CC12c1ccccc1-c1ccccc12)N1CCN(c2ccccc2Cl)CC1. The lowest BCUT2D eigenvalue weighted by Crippen LogP contribution is -2.49. The number of anilines is 1. The molecule has 1 heterocycles. The molecule has 30 heavy (non-hydrogen) atoms. The maximum atomic E-state index is 13.5. The van der Waals surface area contributed by atoms with Crippen LogP contribution in [0.3, 0.4) is 0 Å². The van der Waals surface area contributed by atoms with Crippen molar-refractivity contribution in [3.8, 4) is 11.1 Å². The van der Waals surface area contributed by atoms with E-state index in [4.69, 9.17) is 11.6 Å². The van der Waals surface area contributed by atoms with Gasteiger partial charge in [0, 0.05) is 31.6 Å². The van der Waals surface area contributed by atoms with Crippen molar-refractivity contribution in [3.05, 3.63) is 88.9 Å². The summed E-state index contributed by atoms with van der Waals surface area (Å²) >= 11 is 6.37. The first-order chi connectivity index (χ1) is 14.7. The van der Waals surface area contributed by atoms with Crippen LogP contribution in [-0.2, 0) is 10.2 Å². The number of hydrogen-bond donors (Lipinski definition) is 0. The number of carbonyl (C=O) groups excluding carboxylic acids is 1. The van der Waals surface area contributed by atoms with Crippen LogP contribution in [0.15, 0.2) is 72.8 Å². The fraction of sp³-hybridized carbons (Fsp3) is 0.269. The van der Waals surface area contributed by atoms with Crippen molar-refractivity contribution in [2.24, 2.45) is 5.92 Å². The average molecular weight is 415 g/mol. The van der Waals surface area contributed by atoms with Crippen LogP contribution in [0.2, 0.25) is 5.02 Å². The normalized spacial score (nSPS) is 20.8. The Labute approximate surface area is 181 Å². The average Bonchev–Trinajstić information content (AvgIpc) is 3.49. The largest absolute Gasteiger partial charge is 0.367 e. The Morgan fingerprint density at radius 3 is 2.00 bits per heavy atom. The van der Waals surface area contributed by atoms with Gasteiger partial charge in [-0.3, -0.25) is 4.79 Å². The van der Waals surface area contributed by atoms with Crippen LogP contribution < -0.4 is 4.90 Å². The van der Waals surface area contributed by atoms with E-state index in [-0.39, 0.29) is 11.3 Å². The summed E-state index contributed by atoms with van der Waals surface area (Å²) < 4.78 is 0. The molecule has 3 nitrogen and oxygen atoms in total. The maximum Gasteiger partial charge on any atom is 0.227 e. The van der Waals surface area contributed by atoms with Gasteiger partial charge >= 0.3 is 0 Å². The van der Waals surface area contributed by atoms with E-state index < -0.39 is 0 Å². The van der Waals surface area contributed by atoms with Gasteiger partial charge in [0.05, 0.1) is 16.6 Å². The van der Waals surface area contributed by atoms with Gasteiger partial charge in [-0.05, 0) is 40.8 Å². The van der Waals surface area contributed by atoms with Gasteiger partial charge in [0.25, 0.3) is 0 Å². The summed E-state index contributed by atoms with van der Waals surface area (Å²) in [5.74, 6) is 0.356. The monoisotopic (exact) mass is 414 g/mol. The fourth-order valence-corrected chi connectivity index (χ4v) is 5.87. The van der Waals surface area contributed by atoms with Gasteiger partial charge in [-0.25, -0.2) is 0 Å². The molecule has 0 N–H and O–H groups in total. The van der Waals surface area contributed by atoms with Crippen LogP contribution in [0, 0.1) is 5.92 Å². The van der Waals surface area contributed by atoms with Gasteiger partial charge < -0.3 is 9.80 Å². The van der Waals surface area contributed by atoms with E-state index in [0.29, 0.717) is 5.91 Å². The van der Waals surface area contributed by atoms with E-state index >= 15 is 0 Å². The highest BCUT2D eigenvalue weighted by Gasteiger charge is 2.64. The lowest BCUT2D eigenvalue weighted by Gasteiger charge is -2.37. The third-order valence-corrected chi connectivity index (χ3v) is 7.47. The Kier molecular flexibility index (Phi) is 3.97. The molecule has 6 rings (SSSR count). The summed E-state index contributed by atoms with van der Waals surface area (Å²) in [6, 6.07) is 25.2. The van der Waals surface area contributed by atoms with Gasteiger partial charge in [-0.2, -0.15) is 0 Å². The Bertz CT molecular complexity index is 1100. The van der Waals surface area contributed by atoms with Crippen molar-refractivity contribution in [3.63, 3.8) is 0 Å². The number of para-hydroxylation sites is 1. The van der Waals surface area contributed by atoms with Crippen molar-refractivity contribution in [2.45, 2.75) is 11.8 Å². The summed E-state index contributed by atoms with van der Waals surface area (Å²) in [4.78, 5) is 17.9. The van der Waals surface area contributed by atoms with E-state index in [1.165, 1.54) is 22.3 Å². The highest BCUT2D eigenvalue weighted by atomic mass is 35.5. The topological polar surface area (TPSA) is 23.6 Å². The number of carbonyl (C=O) groups is 1. The predicted molar refractivity (Wildman–Crippen MR) is 121 cm³/mol. The van der Waals surface area contributed by atoms with Crippen LogP contribution in [0.5, 0.6) is 0 Å². The lowest BCUT2D eigenvalue weighted by atomic mass is 9.90. The minimum atomic E-state index is -0.121. The molecule has 3 aromatic rings. The number of hydrogen-bond acceptors (Lipinski definition) is 2. The molecule has 0 radical (unpaired) electrons. The Morgan fingerprint density at radius 2 is 1.37 bits per heavy atom. The number of fused-ring (bicyclic) bond motifs is 5. The smallest absolute Gasteiger partial charge is 0.227 e. The highest BCUT2D eigenvalue weighted by molar-refractivity contribution is 6.33. The van der Waals surface area contributed by atoms with Gasteiger partial charge in [-0.15, -0.1) is 0 Å². The van der Waals surface area contributed by atoms with E-state index in [9.17, 15) is 4.79 Å². The molecule has 3 aromatic carbocycles. The maximum absolute atomic E-state index is 13.5. The molecule has 1 atom stereocenters. The van der Waals surface area contributed by atoms with Gasteiger partial charge in [0.15, 0.2) is 0 Å². The van der Waals surface area contributed by atoms with E-state index in [1.54, 1.807) is 0 Å². The van der Waals surface area contributed by atoms with Crippen molar-refractivity contribution in [1.29, 1.82) is 0 Å². The van der Waals surface area contributed by atoms with Crippen LogP contribution >= 0.6 is 11.6 Å². The van der Waals surface area contributed by atoms with Crippen molar-refractivity contribution >= 4 is 23.2 Å². The molecule has 1 aliphatic heterocycles. The standard InChI is InChI=1S/C26H23ClN2O/c27-23-11-5-6-12-24(23)28-13-15-29(16-14-28)25(30)22-17-26(22)20-9-3-1-7-18(20)19-8-2-4-10-21(19)26/h1-12,22H,13-17H2. The molecule has 150 valence electrons. The Hall–Kier alpha value is -2.78. The second-order valence-corrected chi connectivity index (χ2v) is 8.99. The number of nitrogens with zero attached hydrogens (tertiary/aromatic N) is 2. The molecule has 1 amide bonds. The Morgan fingerprint density at radius 1 is 0.800 bits per heavy atom. The molecule has 1 unspecified atom stereocenters. The number of halogens is 1. The molecular weight excluding hydrogens is 392 g/mol. The zero-order chi connectivity index (χ0) is 20.3. The van der Waals surface area contributed by atoms with Crippen molar-refractivity contribution < 1.29 is 4.79 Å². The lowest BCUT2D eigenvalue weighted by molar-refractivity contribution is -0.133. The molecule has 3 aliphatic rings. The molecular formula is C26H23ClN2O. The third kappa shape index (κ3) is 2.48. The summed E-state index contributed by atoms with van der Waals surface area (Å²) in [6.45, 7) is 3.14. The van der Waals surface area contributed by atoms with E-state index in [0.717, 1.165) is 43.3 Å². The Balaban J connectivity index is 1.24. The van der Waals surface area contributed by atoms with Crippen molar-refractivity contribution in [2.75, 3.05) is 31.1 Å². The van der Waals surface area contributed by atoms with Gasteiger partial charge in [0.2, 0.25) is 5.91 Å². The number of benzene rings is 3. The molecule has 4 heteroatoms. The summed E-state index contributed by atoms with van der Waals surface area (Å²) in [7, 11) is 0. The molecule has 0 bridgehead atoms. The summed E-state index contributed by atoms with van der Waals surface area (Å²) in [6.07, 6.45) is 0.921. The predicted octanol–water partition coefficient (Wildman–Crippen LogP) is 4.98. The van der Waals surface area contributed by atoms with Gasteiger partial charge in [-0.1, -0.05) is 72.3 Å². The molecule has 2 aliphatic carbocycles. The first-order valence-electron chi connectivity index (χ1n) is 10.7. The third-order valence-electron chi connectivity index (χ3n) is 7.15. The minimum Gasteiger partial charge on any atom is -0.367 e. The second-order valence-electron chi connectivity index (χ2n) is 8.58. The van der Waals surface area contributed by atoms with Crippen LogP contribution in [0.4, 0.5) is 5.69 Å². The first-order valence-corrected chi connectivity index (χ1v) is 11.1. The first kappa shape index (κ1) is 18.0. The van der Waals surface area contributed by atoms with Crippen LogP contribution in [0.1, 0.15) is 17.5 Å². The quantitative estimate of drug-likeness (QED) is 0.590. The molecule has 1 spiro atoms. The van der Waals surface area contributed by atoms with Crippen LogP contribution in [-0.4, -0.2) is 37.0 Å². The van der Waals surface area contributed by atoms with E-state index in [2.05, 4.69) is 64.4 Å². The fourth-order valence-electron chi connectivity index (χ4n) is 5.61. The van der Waals surface area contributed by atoms with Gasteiger partial charge in [0.1, 0.15) is 0 Å². The van der Waals surface area contributed by atoms with Crippen molar-refractivity contribution in [1.82, 2.24) is 4.90 Å².